The summed E-state index contributed by atoms with van der Waals surface area (Å²) in [4.78, 5) is 8.55. The van der Waals surface area contributed by atoms with E-state index in [0.717, 1.165) is 17.9 Å². The van der Waals surface area contributed by atoms with Crippen LogP contribution in [0.2, 0.25) is 0 Å². The third-order valence-electron chi connectivity index (χ3n) is 4.37. The average molecular weight is 512 g/mol. The Morgan fingerprint density at radius 3 is 2.69 bits per heavy atom. The van der Waals surface area contributed by atoms with E-state index in [4.69, 9.17) is 14.2 Å². The quantitative estimate of drug-likeness (QED) is 0.300. The molecule has 0 atom stereocenters. The summed E-state index contributed by atoms with van der Waals surface area (Å²) in [7, 11) is 3.36. The van der Waals surface area contributed by atoms with Gasteiger partial charge in [-0.15, -0.1) is 24.0 Å². The summed E-state index contributed by atoms with van der Waals surface area (Å²) in [5.41, 5.74) is 1.93. The maximum atomic E-state index is 5.75. The van der Waals surface area contributed by atoms with Gasteiger partial charge in [-0.1, -0.05) is 0 Å². The van der Waals surface area contributed by atoms with Crippen LogP contribution in [-0.4, -0.2) is 38.3 Å². The zero-order valence-electron chi connectivity index (χ0n) is 17.1. The van der Waals surface area contributed by atoms with Crippen molar-refractivity contribution in [2.75, 3.05) is 32.7 Å². The van der Waals surface area contributed by atoms with E-state index in [1.165, 1.54) is 12.8 Å². The molecule has 3 rings (SSSR count). The van der Waals surface area contributed by atoms with Crippen molar-refractivity contribution in [1.82, 2.24) is 10.3 Å². The fourth-order valence-electron chi connectivity index (χ4n) is 2.65. The van der Waals surface area contributed by atoms with E-state index in [1.54, 1.807) is 20.4 Å². The van der Waals surface area contributed by atoms with Gasteiger partial charge in [0.1, 0.15) is 0 Å². The number of ether oxygens (including phenoxy) is 3. The molecule has 1 fully saturated rings. The fourth-order valence-corrected chi connectivity index (χ4v) is 2.65. The molecule has 0 aliphatic heterocycles. The second-order valence-electron chi connectivity index (χ2n) is 6.61. The summed E-state index contributed by atoms with van der Waals surface area (Å²) in [6.07, 6.45) is 4.30. The van der Waals surface area contributed by atoms with Crippen LogP contribution in [0.5, 0.6) is 17.4 Å². The number of aliphatic imine (C=N–C) groups is 1. The van der Waals surface area contributed by atoms with Crippen LogP contribution in [0.4, 0.5) is 5.69 Å². The molecule has 2 N–H and O–H groups in total. The predicted octanol–water partition coefficient (Wildman–Crippen LogP) is 4.08. The highest BCUT2D eigenvalue weighted by molar-refractivity contribution is 14.0. The molecular weight excluding hydrogens is 483 g/mol. The molecule has 2 aromatic rings. The first-order valence-electron chi connectivity index (χ1n) is 9.58. The monoisotopic (exact) mass is 512 g/mol. The minimum atomic E-state index is 0. The third-order valence-corrected chi connectivity index (χ3v) is 4.37. The van der Waals surface area contributed by atoms with Crippen molar-refractivity contribution in [1.29, 1.82) is 0 Å². The topological polar surface area (TPSA) is 77.0 Å². The molecule has 158 valence electrons. The number of aromatic nitrogens is 1. The van der Waals surface area contributed by atoms with Gasteiger partial charge in [-0.25, -0.2) is 4.98 Å². The first-order chi connectivity index (χ1) is 13.7. The number of methoxy groups -OCH3 is 1. The predicted molar refractivity (Wildman–Crippen MR) is 126 cm³/mol. The van der Waals surface area contributed by atoms with Crippen molar-refractivity contribution in [3.8, 4) is 17.4 Å². The van der Waals surface area contributed by atoms with Gasteiger partial charge in [0.25, 0.3) is 0 Å². The van der Waals surface area contributed by atoms with Crippen molar-refractivity contribution in [2.24, 2.45) is 10.9 Å². The largest absolute Gasteiger partial charge is 0.493 e. The first kappa shape index (κ1) is 23.1. The Kier molecular flexibility index (Phi) is 9.30. The van der Waals surface area contributed by atoms with Gasteiger partial charge >= 0.3 is 0 Å². The number of pyridine rings is 1. The Bertz CT molecular complexity index is 812. The van der Waals surface area contributed by atoms with Gasteiger partial charge in [0.2, 0.25) is 5.88 Å². The summed E-state index contributed by atoms with van der Waals surface area (Å²) in [6.45, 7) is 3.90. The molecule has 1 saturated carbocycles. The fraction of sp³-hybridized carbons (Fsp3) is 0.429. The zero-order valence-corrected chi connectivity index (χ0v) is 19.4. The van der Waals surface area contributed by atoms with Gasteiger partial charge in [0, 0.05) is 37.6 Å². The number of hydrogen-bond acceptors (Lipinski definition) is 5. The average Bonchev–Trinajstić information content (AvgIpc) is 3.55. The number of benzene rings is 1. The second kappa shape index (κ2) is 11.7. The van der Waals surface area contributed by atoms with Crippen molar-refractivity contribution < 1.29 is 14.2 Å². The van der Waals surface area contributed by atoms with Gasteiger partial charge in [-0.05, 0) is 49.4 Å². The van der Waals surface area contributed by atoms with E-state index in [-0.39, 0.29) is 24.0 Å². The van der Waals surface area contributed by atoms with E-state index in [1.807, 2.05) is 37.3 Å². The van der Waals surface area contributed by atoms with Gasteiger partial charge in [-0.3, -0.25) is 4.99 Å². The van der Waals surface area contributed by atoms with Gasteiger partial charge in [0.15, 0.2) is 17.5 Å². The molecule has 1 aliphatic rings. The lowest BCUT2D eigenvalue weighted by molar-refractivity contribution is 0.288. The molecular formula is C21H29IN4O3. The van der Waals surface area contributed by atoms with Crippen LogP contribution in [0.15, 0.2) is 41.5 Å². The van der Waals surface area contributed by atoms with Crippen molar-refractivity contribution in [3.05, 3.63) is 42.1 Å². The van der Waals surface area contributed by atoms with Crippen molar-refractivity contribution in [2.45, 2.75) is 26.3 Å². The number of nitrogens with one attached hydrogen (secondary N) is 2. The highest BCUT2D eigenvalue weighted by Crippen LogP contribution is 2.30. The molecule has 1 aliphatic carbocycles. The first-order valence-corrected chi connectivity index (χ1v) is 9.58. The molecule has 0 unspecified atom stereocenters. The minimum absolute atomic E-state index is 0. The third kappa shape index (κ3) is 7.26. The normalized spacial score (nSPS) is 13.3. The van der Waals surface area contributed by atoms with E-state index >= 15 is 0 Å². The summed E-state index contributed by atoms with van der Waals surface area (Å²) < 4.78 is 16.7. The Morgan fingerprint density at radius 1 is 1.17 bits per heavy atom. The standard InChI is InChI=1S/C21H28N4O3.HI/c1-4-27-18-8-7-17(12-19(18)26-3)25-21(22-2)24-13-16-9-10-23-20(11-16)28-14-15-5-6-15;/h7-12,15H,4-6,13-14H2,1-3H3,(H2,22,24,25);1H. The number of guanidine groups is 1. The van der Waals surface area contributed by atoms with Crippen LogP contribution < -0.4 is 24.8 Å². The second-order valence-corrected chi connectivity index (χ2v) is 6.61. The number of nitrogens with zero attached hydrogens (tertiary/aromatic N) is 2. The SMILES string of the molecule is CCOc1ccc(NC(=NC)NCc2ccnc(OCC3CC3)c2)cc1OC.I. The molecule has 1 aromatic carbocycles. The van der Waals surface area contributed by atoms with Crippen LogP contribution in [0.1, 0.15) is 25.3 Å². The summed E-state index contributed by atoms with van der Waals surface area (Å²) in [5, 5.41) is 6.56. The maximum absolute atomic E-state index is 5.75. The van der Waals surface area contributed by atoms with Gasteiger partial charge < -0.3 is 24.8 Å². The number of hydrogen-bond donors (Lipinski definition) is 2. The lowest BCUT2D eigenvalue weighted by Gasteiger charge is -2.15. The Balaban J connectivity index is 0.00000300. The smallest absolute Gasteiger partial charge is 0.213 e. The highest BCUT2D eigenvalue weighted by Gasteiger charge is 2.22. The summed E-state index contributed by atoms with van der Waals surface area (Å²) in [5.74, 6) is 3.43. The number of anilines is 1. The molecule has 0 radical (unpaired) electrons. The number of halogens is 1. The molecule has 0 bridgehead atoms. The lowest BCUT2D eigenvalue weighted by Crippen LogP contribution is -2.30. The zero-order chi connectivity index (χ0) is 19.8. The lowest BCUT2D eigenvalue weighted by atomic mass is 10.2. The van der Waals surface area contributed by atoms with E-state index < -0.39 is 0 Å². The van der Waals surface area contributed by atoms with Crippen LogP contribution in [0, 0.1) is 5.92 Å². The Hall–Kier alpha value is -2.23. The van der Waals surface area contributed by atoms with Crippen LogP contribution in [-0.2, 0) is 6.54 Å². The van der Waals surface area contributed by atoms with Gasteiger partial charge in [0.05, 0.1) is 20.3 Å². The number of rotatable bonds is 9. The molecule has 7 nitrogen and oxygen atoms in total. The van der Waals surface area contributed by atoms with E-state index in [9.17, 15) is 0 Å². The van der Waals surface area contributed by atoms with Crippen LogP contribution in [0.25, 0.3) is 0 Å². The molecule has 0 amide bonds. The van der Waals surface area contributed by atoms with Gasteiger partial charge in [-0.2, -0.15) is 0 Å². The van der Waals surface area contributed by atoms with E-state index in [0.29, 0.717) is 42.4 Å². The summed E-state index contributed by atoms with van der Waals surface area (Å²) >= 11 is 0. The van der Waals surface area contributed by atoms with Crippen molar-refractivity contribution >= 4 is 35.6 Å². The minimum Gasteiger partial charge on any atom is -0.493 e. The molecule has 29 heavy (non-hydrogen) atoms. The molecule has 1 heterocycles. The maximum Gasteiger partial charge on any atom is 0.213 e. The Labute approximate surface area is 189 Å². The highest BCUT2D eigenvalue weighted by atomic mass is 127. The Morgan fingerprint density at radius 2 is 2.00 bits per heavy atom. The van der Waals surface area contributed by atoms with E-state index in [2.05, 4.69) is 20.6 Å². The van der Waals surface area contributed by atoms with Crippen LogP contribution in [0.3, 0.4) is 0 Å². The molecule has 0 saturated heterocycles. The molecule has 8 heteroatoms. The molecule has 0 spiro atoms. The van der Waals surface area contributed by atoms with Crippen molar-refractivity contribution in [3.63, 3.8) is 0 Å². The molecule has 1 aromatic heterocycles. The summed E-state index contributed by atoms with van der Waals surface area (Å²) in [6, 6.07) is 9.61. The van der Waals surface area contributed by atoms with Crippen LogP contribution >= 0.6 is 24.0 Å².